The second-order valence-corrected chi connectivity index (χ2v) is 3.06. The van der Waals surface area contributed by atoms with Gasteiger partial charge in [0, 0.05) is 0 Å². The molecule has 0 radical (unpaired) electrons. The SMILES string of the molecule is NC(N)(O)[C@@H](O)[C@@H](O)[C@H](O)[C@H](O)CO. The largest absolute Gasteiger partial charge is 0.394 e. The van der Waals surface area contributed by atoms with Crippen molar-refractivity contribution in [2.45, 2.75) is 30.3 Å². The van der Waals surface area contributed by atoms with Crippen LogP contribution in [-0.2, 0) is 0 Å². The van der Waals surface area contributed by atoms with Crippen molar-refractivity contribution < 1.29 is 30.6 Å². The maximum absolute atomic E-state index is 9.13. The van der Waals surface area contributed by atoms with Gasteiger partial charge >= 0.3 is 0 Å². The topological polar surface area (TPSA) is 173 Å². The van der Waals surface area contributed by atoms with Crippen LogP contribution in [0.3, 0.4) is 0 Å². The molecule has 0 aromatic rings. The Kier molecular flexibility index (Phi) is 4.84. The Morgan fingerprint density at radius 1 is 1.00 bits per heavy atom. The summed E-state index contributed by atoms with van der Waals surface area (Å²) in [5.74, 6) is -2.60. The first-order valence-corrected chi connectivity index (χ1v) is 3.85. The zero-order valence-electron chi connectivity index (χ0n) is 7.35. The summed E-state index contributed by atoms with van der Waals surface area (Å²) in [5.41, 5.74) is 9.65. The Labute approximate surface area is 80.0 Å². The average molecular weight is 212 g/mol. The fourth-order valence-corrected chi connectivity index (χ4v) is 0.796. The highest BCUT2D eigenvalue weighted by Crippen LogP contribution is 2.09. The van der Waals surface area contributed by atoms with Gasteiger partial charge in [0.15, 0.2) is 5.85 Å². The first-order chi connectivity index (χ1) is 6.21. The Hall–Kier alpha value is -0.320. The van der Waals surface area contributed by atoms with Crippen LogP contribution in [0.25, 0.3) is 0 Å². The van der Waals surface area contributed by atoms with Gasteiger partial charge in [-0.3, -0.25) is 11.5 Å². The van der Waals surface area contributed by atoms with Crippen molar-refractivity contribution in [2.75, 3.05) is 6.61 Å². The molecular formula is C6H16N2O6. The summed E-state index contributed by atoms with van der Waals surface area (Å²) in [6, 6.07) is 0. The molecular weight excluding hydrogens is 196 g/mol. The summed E-state index contributed by atoms with van der Waals surface area (Å²) in [5, 5.41) is 53.4. The van der Waals surface area contributed by atoms with E-state index in [1.807, 2.05) is 0 Å². The molecule has 14 heavy (non-hydrogen) atoms. The van der Waals surface area contributed by atoms with E-state index in [0.29, 0.717) is 0 Å². The first kappa shape index (κ1) is 13.7. The van der Waals surface area contributed by atoms with Crippen molar-refractivity contribution in [3.8, 4) is 0 Å². The van der Waals surface area contributed by atoms with Crippen molar-refractivity contribution in [3.63, 3.8) is 0 Å². The molecule has 0 heterocycles. The van der Waals surface area contributed by atoms with Gasteiger partial charge in [-0.1, -0.05) is 0 Å². The molecule has 0 unspecified atom stereocenters. The van der Waals surface area contributed by atoms with Gasteiger partial charge in [-0.25, -0.2) is 0 Å². The molecule has 0 saturated heterocycles. The van der Waals surface area contributed by atoms with Crippen LogP contribution in [0.5, 0.6) is 0 Å². The minimum absolute atomic E-state index is 0.821. The van der Waals surface area contributed by atoms with Crippen molar-refractivity contribution >= 4 is 0 Å². The van der Waals surface area contributed by atoms with Gasteiger partial charge in [0.2, 0.25) is 0 Å². The van der Waals surface area contributed by atoms with E-state index in [1.54, 1.807) is 0 Å². The summed E-state index contributed by atoms with van der Waals surface area (Å²) in [6.07, 6.45) is -7.56. The molecule has 0 rings (SSSR count). The summed E-state index contributed by atoms with van der Waals surface area (Å²) < 4.78 is 0. The van der Waals surface area contributed by atoms with Crippen molar-refractivity contribution in [1.29, 1.82) is 0 Å². The predicted octanol–water partition coefficient (Wildman–Crippen LogP) is -5.01. The van der Waals surface area contributed by atoms with E-state index in [4.69, 9.17) is 42.1 Å². The minimum atomic E-state index is -2.60. The molecule has 0 aromatic carbocycles. The Balaban J connectivity index is 4.38. The second-order valence-electron chi connectivity index (χ2n) is 3.06. The molecule has 0 aliphatic carbocycles. The summed E-state index contributed by atoms with van der Waals surface area (Å²) >= 11 is 0. The number of rotatable bonds is 5. The predicted molar refractivity (Wildman–Crippen MR) is 44.4 cm³/mol. The lowest BCUT2D eigenvalue weighted by atomic mass is 10.0. The van der Waals surface area contributed by atoms with Crippen LogP contribution in [-0.4, -0.2) is 67.5 Å². The van der Waals surface area contributed by atoms with E-state index in [2.05, 4.69) is 0 Å². The maximum atomic E-state index is 9.13. The van der Waals surface area contributed by atoms with Crippen LogP contribution >= 0.6 is 0 Å². The molecule has 0 aliphatic heterocycles. The quantitative estimate of drug-likeness (QED) is 0.209. The van der Waals surface area contributed by atoms with Gasteiger partial charge in [0.1, 0.15) is 24.4 Å². The van der Waals surface area contributed by atoms with Gasteiger partial charge in [-0.05, 0) is 0 Å². The van der Waals surface area contributed by atoms with Crippen LogP contribution in [0.4, 0.5) is 0 Å². The molecule has 0 fully saturated rings. The highest BCUT2D eigenvalue weighted by molar-refractivity contribution is 4.87. The van der Waals surface area contributed by atoms with Gasteiger partial charge in [0.25, 0.3) is 0 Å². The van der Waals surface area contributed by atoms with Gasteiger partial charge in [0.05, 0.1) is 6.61 Å². The standard InChI is InChI=1S/C6H16N2O6/c7-6(8,14)5(13)4(12)3(11)2(10)1-9/h2-5,9-14H,1,7-8H2/t2-,3-,4+,5+/m1/s1. The molecule has 8 nitrogen and oxygen atoms in total. The molecule has 86 valence electrons. The molecule has 10 N–H and O–H groups in total. The third kappa shape index (κ3) is 3.44. The van der Waals surface area contributed by atoms with Crippen molar-refractivity contribution in [3.05, 3.63) is 0 Å². The lowest BCUT2D eigenvalue weighted by Gasteiger charge is -2.31. The van der Waals surface area contributed by atoms with E-state index in [9.17, 15) is 0 Å². The Morgan fingerprint density at radius 2 is 1.43 bits per heavy atom. The van der Waals surface area contributed by atoms with Gasteiger partial charge in [-0.2, -0.15) is 0 Å². The van der Waals surface area contributed by atoms with E-state index < -0.39 is 36.9 Å². The zero-order chi connectivity index (χ0) is 11.5. The fraction of sp³-hybridized carbons (Fsp3) is 1.00. The Bertz CT molecular complexity index is 172. The van der Waals surface area contributed by atoms with Crippen LogP contribution in [0.15, 0.2) is 0 Å². The summed E-state index contributed by atoms with van der Waals surface area (Å²) in [4.78, 5) is 0. The molecule has 0 amide bonds. The molecule has 0 aliphatic rings. The zero-order valence-corrected chi connectivity index (χ0v) is 7.35. The van der Waals surface area contributed by atoms with Crippen LogP contribution < -0.4 is 11.5 Å². The number of aliphatic hydroxyl groups excluding tert-OH is 5. The van der Waals surface area contributed by atoms with E-state index in [0.717, 1.165) is 0 Å². The van der Waals surface area contributed by atoms with Crippen molar-refractivity contribution in [2.24, 2.45) is 11.5 Å². The van der Waals surface area contributed by atoms with Gasteiger partial charge < -0.3 is 30.6 Å². The third-order valence-electron chi connectivity index (χ3n) is 1.73. The van der Waals surface area contributed by atoms with E-state index in [-0.39, 0.29) is 0 Å². The average Bonchev–Trinajstić information content (AvgIpc) is 2.11. The monoisotopic (exact) mass is 212 g/mol. The smallest absolute Gasteiger partial charge is 0.196 e. The number of hydrogen-bond donors (Lipinski definition) is 8. The lowest BCUT2D eigenvalue weighted by Crippen LogP contribution is -2.65. The lowest BCUT2D eigenvalue weighted by molar-refractivity contribution is -0.169. The number of hydrogen-bond acceptors (Lipinski definition) is 8. The fourth-order valence-electron chi connectivity index (χ4n) is 0.796. The number of nitrogens with two attached hydrogens (primary N) is 2. The molecule has 0 saturated carbocycles. The van der Waals surface area contributed by atoms with Crippen molar-refractivity contribution in [1.82, 2.24) is 0 Å². The first-order valence-electron chi connectivity index (χ1n) is 3.85. The van der Waals surface area contributed by atoms with Crippen LogP contribution in [0, 0.1) is 0 Å². The molecule has 0 bridgehead atoms. The second kappa shape index (κ2) is 4.96. The molecule has 0 aromatic heterocycles. The summed E-state index contributed by atoms with van der Waals surface area (Å²) in [7, 11) is 0. The van der Waals surface area contributed by atoms with Crippen LogP contribution in [0.1, 0.15) is 0 Å². The maximum Gasteiger partial charge on any atom is 0.196 e. The normalized spacial score (nSPS) is 21.4. The van der Waals surface area contributed by atoms with Gasteiger partial charge in [-0.15, -0.1) is 0 Å². The van der Waals surface area contributed by atoms with Crippen LogP contribution in [0.2, 0.25) is 0 Å². The highest BCUT2D eigenvalue weighted by Gasteiger charge is 2.39. The minimum Gasteiger partial charge on any atom is -0.394 e. The molecule has 0 spiro atoms. The molecule has 4 atom stereocenters. The summed E-state index contributed by atoms with van der Waals surface area (Å²) in [6.45, 7) is -0.821. The Morgan fingerprint density at radius 3 is 1.71 bits per heavy atom. The highest BCUT2D eigenvalue weighted by atomic mass is 16.4. The third-order valence-corrected chi connectivity index (χ3v) is 1.73. The number of aliphatic hydroxyl groups is 6. The van der Waals surface area contributed by atoms with E-state index in [1.165, 1.54) is 0 Å². The van der Waals surface area contributed by atoms with E-state index >= 15 is 0 Å². The molecule has 8 heteroatoms.